The molecule has 0 N–H and O–H groups in total. The van der Waals surface area contributed by atoms with Crippen LogP contribution in [-0.4, -0.2) is 42.4 Å². The Morgan fingerprint density at radius 2 is 2.15 bits per heavy atom. The lowest BCUT2D eigenvalue weighted by Crippen LogP contribution is -2.54. The summed E-state index contributed by atoms with van der Waals surface area (Å²) in [7, 11) is 0. The van der Waals surface area contributed by atoms with Crippen LogP contribution in [0.25, 0.3) is 0 Å². The topological polar surface area (TPSA) is 23.6 Å². The second-order valence-electron chi connectivity index (χ2n) is 5.07. The molecule has 20 heavy (non-hydrogen) atoms. The van der Waals surface area contributed by atoms with Gasteiger partial charge < -0.3 is 9.80 Å². The molecule has 2 rings (SSSR count). The maximum absolute atomic E-state index is 14.0. The lowest BCUT2D eigenvalue weighted by molar-refractivity contribution is -0.130. The van der Waals surface area contributed by atoms with Gasteiger partial charge in [0.05, 0.1) is 5.69 Å². The highest BCUT2D eigenvalue weighted by Gasteiger charge is 2.28. The molecule has 1 aromatic rings. The van der Waals surface area contributed by atoms with E-state index in [2.05, 4.69) is 0 Å². The Balaban J connectivity index is 2.17. The Hall–Kier alpha value is -1.00. The van der Waals surface area contributed by atoms with Crippen molar-refractivity contribution in [2.45, 2.75) is 19.9 Å². The molecule has 3 nitrogen and oxygen atoms in total. The minimum Gasteiger partial charge on any atom is -0.365 e. The monoisotopic (exact) mass is 318 g/mol. The summed E-state index contributed by atoms with van der Waals surface area (Å²) >= 11 is 11.5. The van der Waals surface area contributed by atoms with E-state index in [-0.39, 0.29) is 23.6 Å². The summed E-state index contributed by atoms with van der Waals surface area (Å²) < 4.78 is 14.0. The molecule has 0 aromatic heterocycles. The number of carbonyl (C=O) groups is 1. The lowest BCUT2D eigenvalue weighted by Gasteiger charge is -2.41. The van der Waals surface area contributed by atoms with Crippen molar-refractivity contribution < 1.29 is 9.18 Å². The number of piperazine rings is 1. The van der Waals surface area contributed by atoms with Crippen LogP contribution in [0.2, 0.25) is 5.02 Å². The molecule has 1 aliphatic heterocycles. The number of aryl methyl sites for hydroxylation is 1. The second-order valence-corrected chi connectivity index (χ2v) is 5.74. The first-order chi connectivity index (χ1) is 9.43. The molecule has 1 saturated heterocycles. The minimum absolute atomic E-state index is 0.00499. The van der Waals surface area contributed by atoms with Crippen molar-refractivity contribution in [2.24, 2.45) is 0 Å². The smallest absolute Gasteiger partial charge is 0.237 e. The van der Waals surface area contributed by atoms with Gasteiger partial charge in [0.25, 0.3) is 0 Å². The Labute approximate surface area is 128 Å². The molecule has 0 radical (unpaired) electrons. The van der Waals surface area contributed by atoms with Crippen LogP contribution in [0, 0.1) is 12.7 Å². The van der Waals surface area contributed by atoms with Crippen molar-refractivity contribution in [3.63, 3.8) is 0 Å². The SMILES string of the molecule is Cc1cc(N2CCN(C(=O)CCl)[C@@H](C)C2)c(F)cc1Cl. The van der Waals surface area contributed by atoms with Gasteiger partial charge >= 0.3 is 0 Å². The Kier molecular flexibility index (Phi) is 4.76. The maximum Gasteiger partial charge on any atom is 0.237 e. The van der Waals surface area contributed by atoms with Gasteiger partial charge in [-0.15, -0.1) is 11.6 Å². The van der Waals surface area contributed by atoms with Crippen molar-refractivity contribution in [3.8, 4) is 0 Å². The fourth-order valence-electron chi connectivity index (χ4n) is 2.51. The molecular weight excluding hydrogens is 302 g/mol. The molecule has 1 atom stereocenters. The quantitative estimate of drug-likeness (QED) is 0.782. The zero-order chi connectivity index (χ0) is 14.9. The number of alkyl halides is 1. The molecule has 1 amide bonds. The van der Waals surface area contributed by atoms with Crippen molar-refractivity contribution >= 4 is 34.8 Å². The molecule has 6 heteroatoms. The zero-order valence-corrected chi connectivity index (χ0v) is 13.0. The predicted octanol–water partition coefficient (Wildman–Crippen LogP) is 3.06. The number of anilines is 1. The summed E-state index contributed by atoms with van der Waals surface area (Å²) in [6.07, 6.45) is 0. The van der Waals surface area contributed by atoms with E-state index in [1.54, 1.807) is 11.0 Å². The molecule has 0 spiro atoms. The van der Waals surface area contributed by atoms with Crippen LogP contribution in [0.1, 0.15) is 12.5 Å². The van der Waals surface area contributed by atoms with Crippen LogP contribution in [0.3, 0.4) is 0 Å². The van der Waals surface area contributed by atoms with Gasteiger partial charge in [0, 0.05) is 30.7 Å². The Morgan fingerprint density at radius 1 is 1.45 bits per heavy atom. The fraction of sp³-hybridized carbons (Fsp3) is 0.500. The van der Waals surface area contributed by atoms with Gasteiger partial charge in [-0.25, -0.2) is 4.39 Å². The highest BCUT2D eigenvalue weighted by Crippen LogP contribution is 2.28. The van der Waals surface area contributed by atoms with Crippen molar-refractivity contribution in [1.82, 2.24) is 4.90 Å². The summed E-state index contributed by atoms with van der Waals surface area (Å²) in [6, 6.07) is 3.10. The molecule has 1 aromatic carbocycles. The van der Waals surface area contributed by atoms with E-state index >= 15 is 0 Å². The largest absolute Gasteiger partial charge is 0.365 e. The number of benzene rings is 1. The highest BCUT2D eigenvalue weighted by molar-refractivity contribution is 6.31. The number of nitrogens with zero attached hydrogens (tertiary/aromatic N) is 2. The number of carbonyl (C=O) groups excluding carboxylic acids is 1. The van der Waals surface area contributed by atoms with Gasteiger partial charge in [-0.1, -0.05) is 11.6 Å². The van der Waals surface area contributed by atoms with E-state index in [9.17, 15) is 9.18 Å². The number of rotatable bonds is 2. The maximum atomic E-state index is 14.0. The van der Waals surface area contributed by atoms with Gasteiger partial charge in [0.2, 0.25) is 5.91 Å². The molecule has 0 bridgehead atoms. The van der Waals surface area contributed by atoms with Gasteiger partial charge in [-0.2, -0.15) is 0 Å². The van der Waals surface area contributed by atoms with Crippen molar-refractivity contribution in [3.05, 3.63) is 28.5 Å². The number of halogens is 3. The third-order valence-corrected chi connectivity index (χ3v) is 4.27. The zero-order valence-electron chi connectivity index (χ0n) is 11.5. The van der Waals surface area contributed by atoms with Crippen molar-refractivity contribution in [1.29, 1.82) is 0 Å². The number of hydrogen-bond donors (Lipinski definition) is 0. The van der Waals surface area contributed by atoms with Gasteiger partial charge in [0.15, 0.2) is 0 Å². The molecule has 1 aliphatic rings. The highest BCUT2D eigenvalue weighted by atomic mass is 35.5. The van der Waals surface area contributed by atoms with E-state index < -0.39 is 0 Å². The van der Waals surface area contributed by atoms with E-state index in [0.717, 1.165) is 5.56 Å². The second kappa shape index (κ2) is 6.19. The van der Waals surface area contributed by atoms with E-state index in [1.807, 2.05) is 18.7 Å². The fourth-order valence-corrected chi connectivity index (χ4v) is 2.81. The molecule has 0 unspecified atom stereocenters. The third kappa shape index (κ3) is 3.01. The van der Waals surface area contributed by atoms with Gasteiger partial charge in [-0.3, -0.25) is 4.79 Å². The predicted molar refractivity (Wildman–Crippen MR) is 80.3 cm³/mol. The Bertz CT molecular complexity index is 524. The van der Waals surface area contributed by atoms with Gasteiger partial charge in [-0.05, 0) is 31.5 Å². The molecule has 1 fully saturated rings. The van der Waals surface area contributed by atoms with Crippen LogP contribution in [0.5, 0.6) is 0 Å². The first-order valence-corrected chi connectivity index (χ1v) is 7.41. The van der Waals surface area contributed by atoms with Crippen LogP contribution in [0.15, 0.2) is 12.1 Å². The number of hydrogen-bond acceptors (Lipinski definition) is 2. The van der Waals surface area contributed by atoms with Crippen molar-refractivity contribution in [2.75, 3.05) is 30.4 Å². The first-order valence-electron chi connectivity index (χ1n) is 6.50. The summed E-state index contributed by atoms with van der Waals surface area (Å²) in [5, 5.41) is 0.426. The average molecular weight is 319 g/mol. The lowest BCUT2D eigenvalue weighted by atomic mass is 10.1. The summed E-state index contributed by atoms with van der Waals surface area (Å²) in [4.78, 5) is 15.4. The third-order valence-electron chi connectivity index (χ3n) is 3.63. The summed E-state index contributed by atoms with van der Waals surface area (Å²) in [5.74, 6) is -0.421. The molecule has 1 heterocycles. The van der Waals surface area contributed by atoms with Crippen LogP contribution in [0.4, 0.5) is 10.1 Å². The summed E-state index contributed by atoms with van der Waals surface area (Å²) in [6.45, 7) is 5.51. The average Bonchev–Trinajstić information content (AvgIpc) is 2.42. The molecular formula is C14H17Cl2FN2O. The molecule has 0 aliphatic carbocycles. The molecule has 110 valence electrons. The van der Waals surface area contributed by atoms with Crippen LogP contribution < -0.4 is 4.90 Å². The standard InChI is InChI=1S/C14H17Cl2FN2O/c1-9-5-13(12(17)6-11(9)16)18-3-4-19(10(2)8-18)14(20)7-15/h5-6,10H,3-4,7-8H2,1-2H3/t10-/m0/s1. The van der Waals surface area contributed by atoms with E-state index in [1.165, 1.54) is 6.07 Å². The van der Waals surface area contributed by atoms with Crippen LogP contribution >= 0.6 is 23.2 Å². The Morgan fingerprint density at radius 3 is 2.75 bits per heavy atom. The number of amides is 1. The van der Waals surface area contributed by atoms with Gasteiger partial charge in [0.1, 0.15) is 11.7 Å². The van der Waals surface area contributed by atoms with E-state index in [4.69, 9.17) is 23.2 Å². The normalized spacial score (nSPS) is 19.4. The van der Waals surface area contributed by atoms with Crippen LogP contribution in [-0.2, 0) is 4.79 Å². The molecule has 0 saturated carbocycles. The first kappa shape index (κ1) is 15.4. The minimum atomic E-state index is -0.329. The summed E-state index contributed by atoms with van der Waals surface area (Å²) in [5.41, 5.74) is 1.38. The van der Waals surface area contributed by atoms with E-state index in [0.29, 0.717) is 30.3 Å².